The topological polar surface area (TPSA) is 84.1 Å². The van der Waals surface area contributed by atoms with Gasteiger partial charge in [0.15, 0.2) is 11.5 Å². The number of benzene rings is 3. The van der Waals surface area contributed by atoms with Crippen molar-refractivity contribution in [3.05, 3.63) is 95.2 Å². The van der Waals surface area contributed by atoms with Crippen LogP contribution in [0.5, 0.6) is 11.5 Å². The number of carbonyl (C=O) groups is 2. The third-order valence-electron chi connectivity index (χ3n) is 7.91. The number of fused-ring (bicyclic) bond motifs is 1. The van der Waals surface area contributed by atoms with Crippen molar-refractivity contribution in [1.29, 1.82) is 0 Å². The van der Waals surface area contributed by atoms with Crippen LogP contribution < -0.4 is 9.47 Å². The third-order valence-corrected chi connectivity index (χ3v) is 7.91. The number of rotatable bonds is 17. The lowest BCUT2D eigenvalue weighted by Gasteiger charge is -2.28. The van der Waals surface area contributed by atoms with Crippen LogP contribution in [0.2, 0.25) is 0 Å². The van der Waals surface area contributed by atoms with E-state index in [2.05, 4.69) is 18.0 Å². The summed E-state index contributed by atoms with van der Waals surface area (Å²) in [5.74, 6) is 0.959. The van der Waals surface area contributed by atoms with Crippen molar-refractivity contribution in [3.8, 4) is 11.5 Å². The van der Waals surface area contributed by atoms with E-state index in [0.29, 0.717) is 56.1 Å². The summed E-state index contributed by atoms with van der Waals surface area (Å²) >= 11 is 0. The number of aromatic nitrogens is 1. The molecule has 1 heterocycles. The minimum Gasteiger partial charge on any atom is -0.493 e. The Morgan fingerprint density at radius 2 is 1.55 bits per heavy atom. The number of hydrogen-bond acceptors (Lipinski definition) is 5. The number of ether oxygens (including phenoxy) is 3. The lowest BCUT2D eigenvalue weighted by Crippen LogP contribution is -2.44. The predicted molar refractivity (Wildman–Crippen MR) is 174 cm³/mol. The average molecular weight is 600 g/mol. The summed E-state index contributed by atoms with van der Waals surface area (Å²) in [7, 11) is 4.84. The molecule has 0 spiro atoms. The summed E-state index contributed by atoms with van der Waals surface area (Å²) in [5.41, 5.74) is 4.91. The van der Waals surface area contributed by atoms with Gasteiger partial charge in [0.1, 0.15) is 6.54 Å². The Morgan fingerprint density at radius 1 is 0.795 bits per heavy atom. The largest absolute Gasteiger partial charge is 0.493 e. The van der Waals surface area contributed by atoms with E-state index in [1.807, 2.05) is 71.8 Å². The Hall–Kier alpha value is -4.30. The van der Waals surface area contributed by atoms with E-state index in [9.17, 15) is 9.59 Å². The van der Waals surface area contributed by atoms with Crippen LogP contribution in [0.4, 0.5) is 0 Å². The highest BCUT2D eigenvalue weighted by Gasteiger charge is 2.23. The van der Waals surface area contributed by atoms with Gasteiger partial charge >= 0.3 is 0 Å². The number of nitrogens with one attached hydrogen (secondary N) is 1. The molecule has 0 aliphatic carbocycles. The summed E-state index contributed by atoms with van der Waals surface area (Å²) in [6.45, 7) is 3.92. The maximum atomic E-state index is 14.0. The number of H-pyrrole nitrogens is 1. The van der Waals surface area contributed by atoms with Crippen molar-refractivity contribution in [2.45, 2.75) is 45.6 Å². The van der Waals surface area contributed by atoms with Gasteiger partial charge < -0.3 is 29.0 Å². The highest BCUT2D eigenvalue weighted by atomic mass is 16.5. The molecule has 234 valence electrons. The minimum atomic E-state index is -0.154. The van der Waals surface area contributed by atoms with Crippen LogP contribution in [0.25, 0.3) is 10.9 Å². The fourth-order valence-corrected chi connectivity index (χ4v) is 5.38. The van der Waals surface area contributed by atoms with Gasteiger partial charge in [-0.05, 0) is 72.7 Å². The van der Waals surface area contributed by atoms with Crippen molar-refractivity contribution >= 4 is 22.7 Å². The Bertz CT molecular complexity index is 1500. The molecule has 0 saturated heterocycles. The molecule has 8 heteroatoms. The number of amides is 2. The fraction of sp³-hybridized carbons (Fsp3) is 0.389. The highest BCUT2D eigenvalue weighted by molar-refractivity contribution is 5.96. The van der Waals surface area contributed by atoms with Crippen LogP contribution in [-0.2, 0) is 28.9 Å². The Morgan fingerprint density at radius 3 is 2.27 bits per heavy atom. The summed E-state index contributed by atoms with van der Waals surface area (Å²) in [4.78, 5) is 34.5. The SMILES string of the molecule is CCCCc1ccc(C(=O)N(CCCOC)CC(=O)N(CCc2c[nH]c3ccccc23)Cc2ccc(OC)c(OC)c2)cc1. The number of nitrogens with zero attached hydrogens (tertiary/aromatic N) is 2. The number of aromatic amines is 1. The lowest BCUT2D eigenvalue weighted by atomic mass is 10.1. The Labute approximate surface area is 260 Å². The molecule has 0 radical (unpaired) electrons. The van der Waals surface area contributed by atoms with E-state index in [1.165, 1.54) is 5.56 Å². The van der Waals surface area contributed by atoms with Crippen molar-refractivity contribution < 1.29 is 23.8 Å². The van der Waals surface area contributed by atoms with Crippen molar-refractivity contribution in [3.63, 3.8) is 0 Å². The van der Waals surface area contributed by atoms with Gasteiger partial charge in [-0.1, -0.05) is 49.7 Å². The molecular formula is C36H45N3O5. The number of unbranched alkanes of at least 4 members (excludes halogenated alkanes) is 1. The predicted octanol–water partition coefficient (Wildman–Crippen LogP) is 6.28. The van der Waals surface area contributed by atoms with Gasteiger partial charge in [-0.3, -0.25) is 9.59 Å². The van der Waals surface area contributed by atoms with Crippen LogP contribution in [-0.4, -0.2) is 74.2 Å². The van der Waals surface area contributed by atoms with Gasteiger partial charge in [0.2, 0.25) is 5.91 Å². The fourth-order valence-electron chi connectivity index (χ4n) is 5.38. The van der Waals surface area contributed by atoms with Gasteiger partial charge in [0.05, 0.1) is 14.2 Å². The molecule has 0 atom stereocenters. The number of hydrogen-bond donors (Lipinski definition) is 1. The smallest absolute Gasteiger partial charge is 0.254 e. The van der Waals surface area contributed by atoms with Gasteiger partial charge in [-0.25, -0.2) is 0 Å². The zero-order valence-electron chi connectivity index (χ0n) is 26.4. The molecule has 0 aliphatic rings. The summed E-state index contributed by atoms with van der Waals surface area (Å²) < 4.78 is 16.2. The van der Waals surface area contributed by atoms with Crippen LogP contribution in [0.15, 0.2) is 72.9 Å². The second kappa shape index (κ2) is 16.5. The summed E-state index contributed by atoms with van der Waals surface area (Å²) in [6.07, 6.45) is 6.53. The standard InChI is InChI=1S/C36H45N3O5/c1-5-6-10-27-13-16-29(17-14-27)36(41)39(20-9-22-42-2)26-35(40)38(25-28-15-18-33(43-3)34(23-28)44-4)21-19-30-24-37-32-12-8-7-11-31(30)32/h7-8,11-18,23-24,37H,5-6,9-10,19-22,25-26H2,1-4H3. The molecule has 1 aromatic heterocycles. The molecular weight excluding hydrogens is 554 g/mol. The molecule has 0 saturated carbocycles. The zero-order chi connectivity index (χ0) is 31.3. The molecule has 0 bridgehead atoms. The Kier molecular flexibility index (Phi) is 12.2. The van der Waals surface area contributed by atoms with Gasteiger partial charge in [0.25, 0.3) is 5.91 Å². The monoisotopic (exact) mass is 599 g/mol. The normalized spacial score (nSPS) is 11.0. The first kappa shape index (κ1) is 32.6. The number of aryl methyl sites for hydroxylation is 1. The number of carbonyl (C=O) groups excluding carboxylic acids is 2. The highest BCUT2D eigenvalue weighted by Crippen LogP contribution is 2.28. The van der Waals surface area contributed by atoms with Gasteiger partial charge in [-0.15, -0.1) is 0 Å². The number of methoxy groups -OCH3 is 3. The first-order chi connectivity index (χ1) is 21.5. The van der Waals surface area contributed by atoms with Gasteiger partial charge in [0, 0.05) is 56.0 Å². The summed E-state index contributed by atoms with van der Waals surface area (Å²) in [6, 6.07) is 21.6. The number of para-hydroxylation sites is 1. The summed E-state index contributed by atoms with van der Waals surface area (Å²) in [5, 5.41) is 1.14. The van der Waals surface area contributed by atoms with Crippen LogP contribution in [0.1, 0.15) is 53.2 Å². The van der Waals surface area contributed by atoms with E-state index < -0.39 is 0 Å². The molecule has 0 unspecified atom stereocenters. The minimum absolute atomic E-state index is 0.0265. The van der Waals surface area contributed by atoms with Gasteiger partial charge in [-0.2, -0.15) is 0 Å². The zero-order valence-corrected chi connectivity index (χ0v) is 26.4. The molecule has 4 aromatic rings. The van der Waals surface area contributed by atoms with Crippen molar-refractivity contribution in [2.24, 2.45) is 0 Å². The molecule has 44 heavy (non-hydrogen) atoms. The van der Waals surface area contributed by atoms with E-state index in [1.54, 1.807) is 26.2 Å². The maximum absolute atomic E-state index is 14.0. The molecule has 8 nitrogen and oxygen atoms in total. The Balaban J connectivity index is 1.56. The van der Waals surface area contributed by atoms with E-state index in [-0.39, 0.29) is 18.4 Å². The van der Waals surface area contributed by atoms with Crippen LogP contribution in [0.3, 0.4) is 0 Å². The van der Waals surface area contributed by atoms with Crippen molar-refractivity contribution in [1.82, 2.24) is 14.8 Å². The first-order valence-electron chi connectivity index (χ1n) is 15.4. The quantitative estimate of drug-likeness (QED) is 0.145. The van der Waals surface area contributed by atoms with E-state index >= 15 is 0 Å². The van der Waals surface area contributed by atoms with Crippen molar-refractivity contribution in [2.75, 3.05) is 47.6 Å². The maximum Gasteiger partial charge on any atom is 0.254 e. The molecule has 4 rings (SSSR count). The molecule has 2 amide bonds. The van der Waals surface area contributed by atoms with Crippen LogP contribution >= 0.6 is 0 Å². The van der Waals surface area contributed by atoms with E-state index in [0.717, 1.165) is 41.3 Å². The average Bonchev–Trinajstić information content (AvgIpc) is 3.48. The second-order valence-corrected chi connectivity index (χ2v) is 11.0. The molecule has 1 N–H and O–H groups in total. The first-order valence-corrected chi connectivity index (χ1v) is 15.4. The van der Waals surface area contributed by atoms with E-state index in [4.69, 9.17) is 14.2 Å². The third kappa shape index (κ3) is 8.63. The molecule has 0 fully saturated rings. The lowest BCUT2D eigenvalue weighted by molar-refractivity contribution is -0.132. The van der Waals surface area contributed by atoms with Crippen LogP contribution in [0, 0.1) is 0 Å². The second-order valence-electron chi connectivity index (χ2n) is 11.0. The molecule has 3 aromatic carbocycles. The molecule has 0 aliphatic heterocycles.